The number of carboxylic acid groups (broad SMARTS) is 1. The summed E-state index contributed by atoms with van der Waals surface area (Å²) in [6, 6.07) is 15.4. The van der Waals surface area contributed by atoms with Gasteiger partial charge in [-0.3, -0.25) is 9.59 Å². The van der Waals surface area contributed by atoms with Crippen LogP contribution in [0.15, 0.2) is 66.2 Å². The van der Waals surface area contributed by atoms with Crippen molar-refractivity contribution in [3.63, 3.8) is 0 Å². The summed E-state index contributed by atoms with van der Waals surface area (Å²) in [4.78, 5) is 27.7. The minimum absolute atomic E-state index is 0.0397. The molecule has 0 unspecified atom stereocenters. The fraction of sp³-hybridized carbons (Fsp3) is 0.258. The summed E-state index contributed by atoms with van der Waals surface area (Å²) in [5.74, 6) is -0.410. The van der Waals surface area contributed by atoms with Gasteiger partial charge >= 0.3 is 5.97 Å². The highest BCUT2D eigenvalue weighted by molar-refractivity contribution is 7.13. The van der Waals surface area contributed by atoms with Gasteiger partial charge in [0.1, 0.15) is 11.6 Å². The van der Waals surface area contributed by atoms with Crippen LogP contribution in [0, 0.1) is 5.82 Å². The molecule has 3 aromatic carbocycles. The lowest BCUT2D eigenvalue weighted by Gasteiger charge is -2.17. The van der Waals surface area contributed by atoms with Crippen molar-refractivity contribution >= 4 is 28.3 Å². The van der Waals surface area contributed by atoms with Gasteiger partial charge in [0.25, 0.3) is 0 Å². The van der Waals surface area contributed by atoms with Gasteiger partial charge in [-0.15, -0.1) is 11.3 Å². The van der Waals surface area contributed by atoms with Crippen LogP contribution in [0.25, 0.3) is 11.1 Å². The lowest BCUT2D eigenvalue weighted by molar-refractivity contribution is -0.137. The number of carbonyl (C=O) groups excluding carboxylic acids is 1. The maximum atomic E-state index is 15.2. The van der Waals surface area contributed by atoms with Crippen molar-refractivity contribution in [3.05, 3.63) is 88.7 Å². The summed E-state index contributed by atoms with van der Waals surface area (Å²) >= 11 is 1.34. The van der Waals surface area contributed by atoms with E-state index in [1.807, 2.05) is 13.0 Å². The van der Waals surface area contributed by atoms with Crippen molar-refractivity contribution < 1.29 is 28.6 Å². The number of amides is 1. The minimum atomic E-state index is -0.860. The number of aliphatic carboxylic acids is 1. The summed E-state index contributed by atoms with van der Waals surface area (Å²) in [5, 5.41) is 17.3. The van der Waals surface area contributed by atoms with Crippen molar-refractivity contribution in [1.82, 2.24) is 10.3 Å². The summed E-state index contributed by atoms with van der Waals surface area (Å²) in [7, 11) is 1.54. The van der Waals surface area contributed by atoms with Crippen LogP contribution in [0.1, 0.15) is 30.0 Å². The highest BCUT2D eigenvalue weighted by Crippen LogP contribution is 2.36. The number of hydrogen-bond acceptors (Lipinski definition) is 7. The van der Waals surface area contributed by atoms with Gasteiger partial charge in [-0.2, -0.15) is 0 Å². The predicted molar refractivity (Wildman–Crippen MR) is 158 cm³/mol. The molecule has 0 aliphatic heterocycles. The molecule has 1 amide bonds. The molecule has 1 aromatic heterocycles. The molecular weight excluding hydrogens is 545 g/mol. The van der Waals surface area contributed by atoms with Crippen LogP contribution in [-0.2, 0) is 28.9 Å². The number of carbonyl (C=O) groups is 2. The molecule has 0 fully saturated rings. The van der Waals surface area contributed by atoms with Crippen LogP contribution < -0.4 is 20.1 Å². The highest BCUT2D eigenvalue weighted by atomic mass is 32.1. The van der Waals surface area contributed by atoms with Crippen molar-refractivity contribution in [2.75, 3.05) is 25.5 Å². The lowest BCUT2D eigenvalue weighted by Crippen LogP contribution is -2.19. The second-order valence-electron chi connectivity index (χ2n) is 9.27. The Hall–Kier alpha value is -4.28. The Balaban J connectivity index is 1.55. The first kappa shape index (κ1) is 29.7. The number of carboxylic acids is 1. The highest BCUT2D eigenvalue weighted by Gasteiger charge is 2.17. The molecule has 0 saturated carbocycles. The minimum Gasteiger partial charge on any atom is -0.493 e. The first-order valence-electron chi connectivity index (χ1n) is 13.2. The van der Waals surface area contributed by atoms with Gasteiger partial charge < -0.3 is 25.2 Å². The summed E-state index contributed by atoms with van der Waals surface area (Å²) in [6.07, 6.45) is 2.87. The van der Waals surface area contributed by atoms with Gasteiger partial charge in [0, 0.05) is 29.6 Å². The quantitative estimate of drug-likeness (QED) is 0.155. The standard InChI is InChI=1S/C31H32FN3O5S/c1-3-33-13-12-22-16-27(39-2)28(17-23(22)18-29(36)35-31-34-14-15-41-31)40-24-9-10-25(26(32)19-24)21-7-4-20(5-8-21)6-11-30(37)38/h4-5,7-10,14-17,19,33H,3,6,11-13,18H2,1-2H3,(H,37,38)(H,34,35,36). The molecule has 1 heterocycles. The number of hydrogen-bond donors (Lipinski definition) is 3. The molecule has 0 spiro atoms. The second kappa shape index (κ2) is 14.4. The summed E-state index contributed by atoms with van der Waals surface area (Å²) in [5.41, 5.74) is 3.65. The number of benzene rings is 3. The van der Waals surface area contributed by atoms with Crippen LogP contribution in [0.2, 0.25) is 0 Å². The number of thiazole rings is 1. The van der Waals surface area contributed by atoms with Gasteiger partial charge in [-0.25, -0.2) is 9.37 Å². The Labute approximate surface area is 242 Å². The largest absolute Gasteiger partial charge is 0.493 e. The van der Waals surface area contributed by atoms with Crippen LogP contribution in [0.3, 0.4) is 0 Å². The van der Waals surface area contributed by atoms with Crippen molar-refractivity contribution in [2.24, 2.45) is 0 Å². The molecule has 41 heavy (non-hydrogen) atoms. The third kappa shape index (κ3) is 8.36. The van der Waals surface area contributed by atoms with Crippen molar-refractivity contribution in [1.29, 1.82) is 0 Å². The lowest BCUT2D eigenvalue weighted by atomic mass is 10.00. The molecule has 0 atom stereocenters. The average molecular weight is 578 g/mol. The number of methoxy groups -OCH3 is 1. The number of nitrogens with zero attached hydrogens (tertiary/aromatic N) is 1. The molecule has 3 N–H and O–H groups in total. The van der Waals surface area contributed by atoms with Crippen molar-refractivity contribution in [3.8, 4) is 28.4 Å². The monoisotopic (exact) mass is 577 g/mol. The molecule has 0 aliphatic rings. The van der Waals surface area contributed by atoms with E-state index in [9.17, 15) is 9.59 Å². The van der Waals surface area contributed by atoms with E-state index in [-0.39, 0.29) is 24.5 Å². The Morgan fingerprint density at radius 3 is 2.46 bits per heavy atom. The fourth-order valence-corrected chi connectivity index (χ4v) is 4.87. The van der Waals surface area contributed by atoms with E-state index in [0.29, 0.717) is 40.6 Å². The van der Waals surface area contributed by atoms with E-state index in [1.54, 1.807) is 54.0 Å². The van der Waals surface area contributed by atoms with Gasteiger partial charge in [0.2, 0.25) is 5.91 Å². The summed E-state index contributed by atoms with van der Waals surface area (Å²) < 4.78 is 26.9. The zero-order chi connectivity index (χ0) is 29.2. The number of anilines is 1. The van der Waals surface area contributed by atoms with E-state index in [2.05, 4.69) is 15.6 Å². The predicted octanol–water partition coefficient (Wildman–Crippen LogP) is 6.10. The van der Waals surface area contributed by atoms with E-state index >= 15 is 4.39 Å². The van der Waals surface area contributed by atoms with Crippen LogP contribution >= 0.6 is 11.3 Å². The molecule has 8 nitrogen and oxygen atoms in total. The van der Waals surface area contributed by atoms with Crippen molar-refractivity contribution in [2.45, 2.75) is 32.6 Å². The average Bonchev–Trinajstić information content (AvgIpc) is 3.46. The number of rotatable bonds is 14. The zero-order valence-electron chi connectivity index (χ0n) is 22.9. The van der Waals surface area contributed by atoms with E-state index < -0.39 is 11.8 Å². The van der Waals surface area contributed by atoms with Crippen LogP contribution in [0.5, 0.6) is 17.2 Å². The van der Waals surface area contributed by atoms with E-state index in [1.165, 1.54) is 24.5 Å². The normalized spacial score (nSPS) is 10.8. The van der Waals surface area contributed by atoms with Crippen LogP contribution in [0.4, 0.5) is 9.52 Å². The molecule has 0 aliphatic carbocycles. The number of ether oxygens (including phenoxy) is 2. The maximum Gasteiger partial charge on any atom is 0.303 e. The zero-order valence-corrected chi connectivity index (χ0v) is 23.7. The maximum absolute atomic E-state index is 15.2. The van der Waals surface area contributed by atoms with Gasteiger partial charge in [-0.1, -0.05) is 31.2 Å². The number of aryl methyl sites for hydroxylation is 1. The molecule has 0 bridgehead atoms. The van der Waals surface area contributed by atoms with E-state index in [0.717, 1.165) is 29.8 Å². The smallest absolute Gasteiger partial charge is 0.303 e. The third-order valence-corrected chi connectivity index (χ3v) is 7.09. The number of nitrogens with one attached hydrogen (secondary N) is 2. The molecule has 10 heteroatoms. The Morgan fingerprint density at radius 1 is 1.02 bits per heavy atom. The number of halogens is 1. The third-order valence-electron chi connectivity index (χ3n) is 6.40. The molecule has 4 aromatic rings. The van der Waals surface area contributed by atoms with E-state index in [4.69, 9.17) is 14.6 Å². The Bertz CT molecular complexity index is 1480. The number of likely N-dealkylation sites (N-methyl/N-ethyl adjacent to an activating group) is 1. The SMILES string of the molecule is CCNCCc1cc(OC)c(Oc2ccc(-c3ccc(CCC(=O)O)cc3)c(F)c2)cc1CC(=O)Nc1nccs1. The second-order valence-corrected chi connectivity index (χ2v) is 10.2. The topological polar surface area (TPSA) is 110 Å². The Kier molecular flexibility index (Phi) is 10.4. The first-order valence-corrected chi connectivity index (χ1v) is 14.1. The Morgan fingerprint density at radius 2 is 1.80 bits per heavy atom. The molecule has 214 valence electrons. The number of aromatic nitrogens is 1. The molecule has 0 radical (unpaired) electrons. The molecule has 0 saturated heterocycles. The van der Waals surface area contributed by atoms with Crippen LogP contribution in [-0.4, -0.2) is 42.2 Å². The summed E-state index contributed by atoms with van der Waals surface area (Å²) in [6.45, 7) is 3.59. The molecular formula is C31H32FN3O5S. The molecule has 4 rings (SSSR count). The van der Waals surface area contributed by atoms with Gasteiger partial charge in [0.05, 0.1) is 13.5 Å². The van der Waals surface area contributed by atoms with Gasteiger partial charge in [0.15, 0.2) is 16.6 Å². The van der Waals surface area contributed by atoms with Gasteiger partial charge in [-0.05, 0) is 72.5 Å². The first-order chi connectivity index (χ1) is 19.9. The fourth-order valence-electron chi connectivity index (χ4n) is 4.32.